The van der Waals surface area contributed by atoms with E-state index in [1.165, 1.54) is 38.2 Å². The third kappa shape index (κ3) is 19.7. The van der Waals surface area contributed by atoms with Gasteiger partial charge in [-0.25, -0.2) is 4.79 Å². The Kier molecular flexibility index (Phi) is 19.3. The van der Waals surface area contributed by atoms with E-state index in [1.54, 1.807) is 6.08 Å². The number of halogens is 1. The molecule has 0 heterocycles. The summed E-state index contributed by atoms with van der Waals surface area (Å²) in [5.74, 6) is -1.68. The zero-order valence-electron chi connectivity index (χ0n) is 16.8. The van der Waals surface area contributed by atoms with Crippen molar-refractivity contribution in [2.45, 2.75) is 103 Å². The molecule has 0 aliphatic rings. The molecular formula is C22H39BrO4. The molecule has 0 aromatic rings. The molecule has 0 aromatic heterocycles. The minimum absolute atomic E-state index is 0.167. The molecule has 158 valence electrons. The monoisotopic (exact) mass is 446 g/mol. The van der Waals surface area contributed by atoms with Gasteiger partial charge in [-0.05, 0) is 32.1 Å². The number of carboxylic acids is 2. The number of hydrogen-bond acceptors (Lipinski definition) is 2. The Morgan fingerprint density at radius 3 is 1.59 bits per heavy atom. The number of alkyl halides is 1. The smallest absolute Gasteiger partial charge is 0.327 e. The van der Waals surface area contributed by atoms with E-state index in [-0.39, 0.29) is 5.92 Å². The lowest BCUT2D eigenvalue weighted by molar-refractivity contribution is -0.142. The van der Waals surface area contributed by atoms with Crippen molar-refractivity contribution in [1.29, 1.82) is 0 Å². The molecule has 0 bridgehead atoms. The van der Waals surface area contributed by atoms with Crippen LogP contribution in [0, 0.1) is 5.92 Å². The molecule has 0 amide bonds. The van der Waals surface area contributed by atoms with Crippen LogP contribution >= 0.6 is 15.9 Å². The van der Waals surface area contributed by atoms with Crippen LogP contribution in [-0.4, -0.2) is 27.5 Å². The highest BCUT2D eigenvalue weighted by molar-refractivity contribution is 9.09. The molecule has 0 radical (unpaired) electrons. The highest BCUT2D eigenvalue weighted by Crippen LogP contribution is 2.19. The number of carboxylic acid groups (broad SMARTS) is 2. The van der Waals surface area contributed by atoms with Gasteiger partial charge in [0.1, 0.15) is 0 Å². The molecule has 4 nitrogen and oxygen atoms in total. The molecule has 0 fully saturated rings. The Labute approximate surface area is 173 Å². The van der Waals surface area contributed by atoms with Crippen LogP contribution in [0.5, 0.6) is 0 Å². The molecule has 0 spiro atoms. The molecule has 0 saturated carbocycles. The van der Waals surface area contributed by atoms with E-state index in [4.69, 9.17) is 5.11 Å². The number of rotatable bonds is 20. The third-order valence-corrected chi connectivity index (χ3v) is 5.53. The fraction of sp³-hybridized carbons (Fsp3) is 0.818. The Balaban J connectivity index is 3.53. The average Bonchev–Trinajstić information content (AvgIpc) is 2.63. The van der Waals surface area contributed by atoms with E-state index in [0.717, 1.165) is 76.0 Å². The number of hydrogen-bond donors (Lipinski definition) is 2. The molecule has 27 heavy (non-hydrogen) atoms. The van der Waals surface area contributed by atoms with Gasteiger partial charge in [0.2, 0.25) is 0 Å². The van der Waals surface area contributed by atoms with Crippen LogP contribution in [0.4, 0.5) is 0 Å². The van der Waals surface area contributed by atoms with Crippen LogP contribution in [0.1, 0.15) is 103 Å². The second-order valence-corrected chi connectivity index (χ2v) is 8.22. The van der Waals surface area contributed by atoms with Gasteiger partial charge in [-0.3, -0.25) is 4.79 Å². The minimum Gasteiger partial charge on any atom is -0.481 e. The Morgan fingerprint density at radius 2 is 1.15 bits per heavy atom. The summed E-state index contributed by atoms with van der Waals surface area (Å²) in [6.45, 7) is 0. The SMILES string of the molecule is O=C(O)C=CCCCCCCCCC(CCCCCCCCCBr)C(=O)O. The van der Waals surface area contributed by atoms with Gasteiger partial charge in [0.15, 0.2) is 0 Å². The lowest BCUT2D eigenvalue weighted by Gasteiger charge is -2.12. The fourth-order valence-corrected chi connectivity index (χ4v) is 3.70. The van der Waals surface area contributed by atoms with Crippen molar-refractivity contribution in [3.05, 3.63) is 12.2 Å². The minimum atomic E-state index is -0.881. The molecule has 0 aliphatic heterocycles. The van der Waals surface area contributed by atoms with E-state index in [9.17, 15) is 14.7 Å². The normalized spacial score (nSPS) is 12.5. The average molecular weight is 447 g/mol. The van der Waals surface area contributed by atoms with Crippen molar-refractivity contribution in [2.75, 3.05) is 5.33 Å². The van der Waals surface area contributed by atoms with Crippen LogP contribution in [0.15, 0.2) is 12.2 Å². The highest BCUT2D eigenvalue weighted by Gasteiger charge is 2.16. The molecular weight excluding hydrogens is 408 g/mol. The quantitative estimate of drug-likeness (QED) is 0.120. The van der Waals surface area contributed by atoms with Gasteiger partial charge in [-0.1, -0.05) is 92.6 Å². The zero-order valence-corrected chi connectivity index (χ0v) is 18.4. The zero-order chi connectivity index (χ0) is 20.2. The summed E-state index contributed by atoms with van der Waals surface area (Å²) in [5, 5.41) is 19.0. The maximum absolute atomic E-state index is 11.4. The maximum Gasteiger partial charge on any atom is 0.327 e. The predicted molar refractivity (Wildman–Crippen MR) is 116 cm³/mol. The molecule has 0 saturated heterocycles. The second-order valence-electron chi connectivity index (χ2n) is 7.43. The highest BCUT2D eigenvalue weighted by atomic mass is 79.9. The molecule has 0 aliphatic carbocycles. The van der Waals surface area contributed by atoms with Crippen molar-refractivity contribution >= 4 is 27.9 Å². The number of aliphatic carboxylic acids is 2. The summed E-state index contributed by atoms with van der Waals surface area (Å²) in [7, 11) is 0. The predicted octanol–water partition coefficient (Wildman–Crippen LogP) is 6.96. The first-order valence-electron chi connectivity index (χ1n) is 10.8. The molecule has 1 atom stereocenters. The van der Waals surface area contributed by atoms with Crippen LogP contribution in [0.2, 0.25) is 0 Å². The van der Waals surface area contributed by atoms with E-state index in [2.05, 4.69) is 15.9 Å². The number of unbranched alkanes of at least 4 members (excludes halogenated alkanes) is 12. The molecule has 0 rings (SSSR count). The summed E-state index contributed by atoms with van der Waals surface area (Å²) in [5.41, 5.74) is 0. The summed E-state index contributed by atoms with van der Waals surface area (Å²) < 4.78 is 0. The lowest BCUT2D eigenvalue weighted by Crippen LogP contribution is -2.13. The topological polar surface area (TPSA) is 74.6 Å². The van der Waals surface area contributed by atoms with Gasteiger partial charge >= 0.3 is 11.9 Å². The van der Waals surface area contributed by atoms with Gasteiger partial charge in [-0.2, -0.15) is 0 Å². The van der Waals surface area contributed by atoms with Crippen LogP contribution < -0.4 is 0 Å². The standard InChI is InChI=1S/C22H39BrO4/c23-19-15-11-7-3-5-9-13-17-20(22(26)27)16-12-8-4-1-2-6-10-14-18-21(24)25/h14,18,20H,1-13,15-17,19H2,(H,24,25)(H,26,27). The van der Waals surface area contributed by atoms with Gasteiger partial charge in [0.25, 0.3) is 0 Å². The summed E-state index contributed by atoms with van der Waals surface area (Å²) in [6.07, 6.45) is 20.5. The van der Waals surface area contributed by atoms with Crippen LogP contribution in [-0.2, 0) is 9.59 Å². The fourth-order valence-electron chi connectivity index (χ4n) is 3.30. The van der Waals surface area contributed by atoms with E-state index >= 15 is 0 Å². The van der Waals surface area contributed by atoms with Crippen molar-refractivity contribution in [2.24, 2.45) is 5.92 Å². The van der Waals surface area contributed by atoms with Gasteiger partial charge in [-0.15, -0.1) is 0 Å². The molecule has 0 aromatic carbocycles. The maximum atomic E-state index is 11.4. The Morgan fingerprint density at radius 1 is 0.704 bits per heavy atom. The largest absolute Gasteiger partial charge is 0.481 e. The number of carbonyl (C=O) groups is 2. The molecule has 2 N–H and O–H groups in total. The van der Waals surface area contributed by atoms with Crippen LogP contribution in [0.3, 0.4) is 0 Å². The first-order valence-corrected chi connectivity index (χ1v) is 11.9. The Bertz CT molecular complexity index is 396. The van der Waals surface area contributed by atoms with Crippen molar-refractivity contribution < 1.29 is 19.8 Å². The lowest BCUT2D eigenvalue weighted by atomic mass is 9.94. The number of allylic oxidation sites excluding steroid dienone is 1. The van der Waals surface area contributed by atoms with Gasteiger partial charge in [0.05, 0.1) is 5.92 Å². The van der Waals surface area contributed by atoms with Gasteiger partial charge < -0.3 is 10.2 Å². The second kappa shape index (κ2) is 19.9. The third-order valence-electron chi connectivity index (χ3n) is 4.97. The van der Waals surface area contributed by atoms with E-state index in [1.807, 2.05) is 0 Å². The first kappa shape index (κ1) is 26.2. The van der Waals surface area contributed by atoms with E-state index < -0.39 is 11.9 Å². The Hall–Kier alpha value is -0.840. The summed E-state index contributed by atoms with van der Waals surface area (Å²) >= 11 is 3.45. The van der Waals surface area contributed by atoms with Gasteiger partial charge in [0, 0.05) is 11.4 Å². The van der Waals surface area contributed by atoms with E-state index in [0.29, 0.717) is 0 Å². The molecule has 1 unspecified atom stereocenters. The van der Waals surface area contributed by atoms with Crippen LogP contribution in [0.25, 0.3) is 0 Å². The first-order chi connectivity index (χ1) is 13.1. The van der Waals surface area contributed by atoms with Crippen molar-refractivity contribution in [3.8, 4) is 0 Å². The molecule has 5 heteroatoms. The van der Waals surface area contributed by atoms with Crippen molar-refractivity contribution in [3.63, 3.8) is 0 Å². The van der Waals surface area contributed by atoms with Crippen molar-refractivity contribution in [1.82, 2.24) is 0 Å². The summed E-state index contributed by atoms with van der Waals surface area (Å²) in [6, 6.07) is 0. The summed E-state index contributed by atoms with van der Waals surface area (Å²) in [4.78, 5) is 21.7.